The molecule has 2 aliphatic rings. The van der Waals surface area contributed by atoms with Crippen LogP contribution in [-0.2, 0) is 19.7 Å². The van der Waals surface area contributed by atoms with Gasteiger partial charge < -0.3 is 14.4 Å². The Bertz CT molecular complexity index is 995. The molecule has 0 atom stereocenters. The third-order valence-corrected chi connectivity index (χ3v) is 5.29. The molecule has 0 spiro atoms. The van der Waals surface area contributed by atoms with Crippen LogP contribution in [0.5, 0.6) is 0 Å². The number of aromatic nitrogens is 1. The van der Waals surface area contributed by atoms with E-state index in [1.807, 2.05) is 26.8 Å². The molecule has 1 amide bonds. The summed E-state index contributed by atoms with van der Waals surface area (Å²) in [7, 11) is 0. The van der Waals surface area contributed by atoms with Gasteiger partial charge in [-0.1, -0.05) is 6.07 Å². The average Bonchev–Trinajstić information content (AvgIpc) is 2.81. The van der Waals surface area contributed by atoms with E-state index in [2.05, 4.69) is 4.98 Å². The first-order valence-electron chi connectivity index (χ1n) is 9.13. The fraction of sp³-hybridized carbons (Fsp3) is 0.333. The number of hydrogen-bond acceptors (Lipinski definition) is 6. The molecule has 144 valence electrons. The summed E-state index contributed by atoms with van der Waals surface area (Å²) in [6.07, 6.45) is 1.61. The topological polar surface area (TPSA) is 99.4 Å². The molecule has 1 aromatic carbocycles. The summed E-state index contributed by atoms with van der Waals surface area (Å²) in [5, 5.41) is 16.4. The number of carbonyl (C=O) groups excluding carboxylic acids is 1. The zero-order valence-corrected chi connectivity index (χ0v) is 16.1. The summed E-state index contributed by atoms with van der Waals surface area (Å²) in [4.78, 5) is 18.8. The summed E-state index contributed by atoms with van der Waals surface area (Å²) in [6.45, 7) is 6.70. The molecule has 2 aliphatic heterocycles. The predicted molar refractivity (Wildman–Crippen MR) is 105 cm³/mol. The lowest BCUT2D eigenvalue weighted by Crippen LogP contribution is -2.52. The van der Waals surface area contributed by atoms with Gasteiger partial charge in [0.2, 0.25) is 17.7 Å². The van der Waals surface area contributed by atoms with Gasteiger partial charge in [-0.3, -0.25) is 20.6 Å². The molecule has 28 heavy (non-hydrogen) atoms. The molecule has 7 heteroatoms. The molecular weight excluding hydrogens is 356 g/mol. The SMILES string of the molecule is Cc1cc(C(=N)OC(=N)c2ccc3c(c2)N(C2COC2)C(=O)C3(C)C)ccn1. The van der Waals surface area contributed by atoms with E-state index in [9.17, 15) is 4.79 Å². The van der Waals surface area contributed by atoms with Crippen molar-refractivity contribution in [2.75, 3.05) is 18.1 Å². The Balaban J connectivity index is 1.61. The highest BCUT2D eigenvalue weighted by molar-refractivity contribution is 6.10. The Morgan fingerprint density at radius 2 is 1.86 bits per heavy atom. The van der Waals surface area contributed by atoms with Gasteiger partial charge in [0, 0.05) is 28.7 Å². The second kappa shape index (κ2) is 6.53. The number of nitrogens with zero attached hydrogens (tertiary/aromatic N) is 2. The van der Waals surface area contributed by atoms with E-state index in [0.29, 0.717) is 24.3 Å². The average molecular weight is 378 g/mol. The first-order valence-corrected chi connectivity index (χ1v) is 9.13. The minimum atomic E-state index is -0.617. The van der Waals surface area contributed by atoms with Crippen molar-refractivity contribution in [2.24, 2.45) is 0 Å². The third-order valence-electron chi connectivity index (χ3n) is 5.29. The fourth-order valence-corrected chi connectivity index (χ4v) is 3.57. The van der Waals surface area contributed by atoms with Crippen molar-refractivity contribution < 1.29 is 14.3 Å². The molecule has 1 saturated heterocycles. The minimum absolute atomic E-state index is 0.0245. The molecule has 0 saturated carbocycles. The van der Waals surface area contributed by atoms with Gasteiger partial charge in [0.1, 0.15) is 0 Å². The molecular formula is C21H22N4O3. The number of benzene rings is 1. The van der Waals surface area contributed by atoms with E-state index in [4.69, 9.17) is 20.3 Å². The van der Waals surface area contributed by atoms with Crippen LogP contribution in [0.4, 0.5) is 5.69 Å². The Hall–Kier alpha value is -3.06. The predicted octanol–water partition coefficient (Wildman–Crippen LogP) is 2.78. The van der Waals surface area contributed by atoms with Crippen molar-refractivity contribution in [3.63, 3.8) is 0 Å². The number of anilines is 1. The van der Waals surface area contributed by atoms with E-state index in [1.165, 1.54) is 0 Å². The number of rotatable bonds is 3. The molecule has 4 rings (SSSR count). The van der Waals surface area contributed by atoms with E-state index in [0.717, 1.165) is 16.9 Å². The van der Waals surface area contributed by atoms with Gasteiger partial charge >= 0.3 is 0 Å². The summed E-state index contributed by atoms with van der Waals surface area (Å²) >= 11 is 0. The van der Waals surface area contributed by atoms with Crippen molar-refractivity contribution in [2.45, 2.75) is 32.2 Å². The largest absolute Gasteiger partial charge is 0.421 e. The Morgan fingerprint density at radius 1 is 1.18 bits per heavy atom. The molecule has 2 N–H and O–H groups in total. The van der Waals surface area contributed by atoms with Crippen LogP contribution in [0.1, 0.15) is 36.2 Å². The molecule has 3 heterocycles. The van der Waals surface area contributed by atoms with Gasteiger partial charge in [-0.2, -0.15) is 0 Å². The quantitative estimate of drug-likeness (QED) is 0.634. The highest BCUT2D eigenvalue weighted by atomic mass is 16.5. The van der Waals surface area contributed by atoms with E-state index < -0.39 is 5.41 Å². The van der Waals surface area contributed by atoms with Gasteiger partial charge in [0.15, 0.2) is 0 Å². The summed E-state index contributed by atoms with van der Waals surface area (Å²) in [6, 6.07) is 8.87. The lowest BCUT2D eigenvalue weighted by Gasteiger charge is -2.35. The fourth-order valence-electron chi connectivity index (χ4n) is 3.57. The number of ether oxygens (including phenoxy) is 2. The molecule has 0 bridgehead atoms. The number of nitrogens with one attached hydrogen (secondary N) is 2. The summed E-state index contributed by atoms with van der Waals surface area (Å²) in [5.41, 5.74) is 2.96. The number of pyridine rings is 1. The number of hydrogen-bond donors (Lipinski definition) is 2. The van der Waals surface area contributed by atoms with Crippen LogP contribution in [0.15, 0.2) is 36.5 Å². The molecule has 1 aromatic heterocycles. The number of carbonyl (C=O) groups is 1. The number of aryl methyl sites for hydroxylation is 1. The van der Waals surface area contributed by atoms with Crippen LogP contribution in [-0.4, -0.2) is 41.9 Å². The van der Waals surface area contributed by atoms with Crippen molar-refractivity contribution in [3.8, 4) is 0 Å². The lowest BCUT2D eigenvalue weighted by molar-refractivity contribution is -0.124. The van der Waals surface area contributed by atoms with Crippen molar-refractivity contribution in [1.29, 1.82) is 10.8 Å². The van der Waals surface area contributed by atoms with Crippen molar-refractivity contribution >= 4 is 23.4 Å². The summed E-state index contributed by atoms with van der Waals surface area (Å²) in [5.74, 6) is -0.207. The molecule has 2 aromatic rings. The number of fused-ring (bicyclic) bond motifs is 1. The Kier molecular flexibility index (Phi) is 4.27. The van der Waals surface area contributed by atoms with Crippen LogP contribution >= 0.6 is 0 Å². The van der Waals surface area contributed by atoms with Gasteiger partial charge in [0.25, 0.3) is 0 Å². The second-order valence-corrected chi connectivity index (χ2v) is 7.67. The van der Waals surface area contributed by atoms with Crippen molar-refractivity contribution in [1.82, 2.24) is 4.98 Å². The van der Waals surface area contributed by atoms with Gasteiger partial charge in [-0.15, -0.1) is 0 Å². The second-order valence-electron chi connectivity index (χ2n) is 7.67. The zero-order chi connectivity index (χ0) is 20.1. The molecule has 7 nitrogen and oxygen atoms in total. The maximum atomic E-state index is 12.9. The smallest absolute Gasteiger partial charge is 0.237 e. The van der Waals surface area contributed by atoms with Crippen LogP contribution in [0, 0.1) is 17.7 Å². The first-order chi connectivity index (χ1) is 13.3. The van der Waals surface area contributed by atoms with Gasteiger partial charge in [-0.05, 0) is 50.6 Å². The first kappa shape index (κ1) is 18.3. The van der Waals surface area contributed by atoms with E-state index in [-0.39, 0.29) is 23.7 Å². The molecule has 1 fully saturated rings. The van der Waals surface area contributed by atoms with Crippen molar-refractivity contribution in [3.05, 3.63) is 58.9 Å². The van der Waals surface area contributed by atoms with Crippen LogP contribution < -0.4 is 4.90 Å². The Morgan fingerprint density at radius 3 is 2.46 bits per heavy atom. The molecule has 0 unspecified atom stereocenters. The highest BCUT2D eigenvalue weighted by Gasteiger charge is 2.48. The van der Waals surface area contributed by atoms with Crippen LogP contribution in [0.3, 0.4) is 0 Å². The van der Waals surface area contributed by atoms with Crippen LogP contribution in [0.2, 0.25) is 0 Å². The van der Waals surface area contributed by atoms with E-state index >= 15 is 0 Å². The minimum Gasteiger partial charge on any atom is -0.421 e. The summed E-state index contributed by atoms with van der Waals surface area (Å²) < 4.78 is 10.7. The van der Waals surface area contributed by atoms with Crippen LogP contribution in [0.25, 0.3) is 0 Å². The highest BCUT2D eigenvalue weighted by Crippen LogP contribution is 2.43. The normalized spacial score (nSPS) is 17.8. The van der Waals surface area contributed by atoms with E-state index in [1.54, 1.807) is 35.4 Å². The monoisotopic (exact) mass is 378 g/mol. The van der Waals surface area contributed by atoms with Gasteiger partial charge in [-0.25, -0.2) is 0 Å². The third kappa shape index (κ3) is 2.88. The van der Waals surface area contributed by atoms with Gasteiger partial charge in [0.05, 0.1) is 24.7 Å². The maximum Gasteiger partial charge on any atom is 0.237 e. The standard InChI is InChI=1S/C21H22N4O3/c1-12-8-14(6-7-24-12)19(23)28-18(22)13-4-5-16-17(9-13)25(15-10-27-11-15)20(26)21(16,2)3/h4-9,15,22-23H,10-11H2,1-3H3. The molecule has 0 radical (unpaired) electrons. The lowest BCUT2D eigenvalue weighted by atomic mass is 9.86. The number of amides is 1. The molecule has 0 aliphatic carbocycles. The maximum absolute atomic E-state index is 12.9. The zero-order valence-electron chi connectivity index (χ0n) is 16.1. The Labute approximate surface area is 163 Å².